The number of ether oxygens (including phenoxy) is 1. The summed E-state index contributed by atoms with van der Waals surface area (Å²) in [6.07, 6.45) is -0.131. The van der Waals surface area contributed by atoms with Gasteiger partial charge in [0, 0.05) is 0 Å². The van der Waals surface area contributed by atoms with Gasteiger partial charge in [-0.2, -0.15) is 0 Å². The Hall–Kier alpha value is -1.35. The van der Waals surface area contributed by atoms with Gasteiger partial charge in [-0.05, 0) is 26.3 Å². The van der Waals surface area contributed by atoms with E-state index in [1.54, 1.807) is 13.8 Å². The normalized spacial score (nSPS) is 12.6. The number of hydrogen-bond acceptors (Lipinski definition) is 3. The van der Waals surface area contributed by atoms with Crippen LogP contribution in [0.25, 0.3) is 0 Å². The van der Waals surface area contributed by atoms with Gasteiger partial charge in [0.25, 0.3) is 0 Å². The molecule has 0 radical (unpaired) electrons. The van der Waals surface area contributed by atoms with Gasteiger partial charge in [0.1, 0.15) is 6.04 Å². The van der Waals surface area contributed by atoms with E-state index in [-0.39, 0.29) is 12.1 Å². The van der Waals surface area contributed by atoms with Gasteiger partial charge in [-0.15, -0.1) is 0 Å². The molecule has 1 unspecified atom stereocenters. The molecular weight excluding hydrogens is 190 g/mol. The number of carbonyl (C=O) groups excluding carboxylic acids is 1. The van der Waals surface area contributed by atoms with Crippen molar-refractivity contribution < 1.29 is 9.53 Å². The lowest BCUT2D eigenvalue weighted by atomic mass is 10.1. The predicted octanol–water partition coefficient (Wildman–Crippen LogP) is 1.95. The van der Waals surface area contributed by atoms with Crippen molar-refractivity contribution in [2.75, 3.05) is 0 Å². The van der Waals surface area contributed by atoms with Crippen LogP contribution >= 0.6 is 0 Å². The van der Waals surface area contributed by atoms with Crippen LogP contribution in [0.3, 0.4) is 0 Å². The summed E-state index contributed by atoms with van der Waals surface area (Å²) in [7, 11) is 0. The van der Waals surface area contributed by atoms with Gasteiger partial charge >= 0.3 is 5.97 Å². The fourth-order valence-corrected chi connectivity index (χ4v) is 1.31. The largest absolute Gasteiger partial charge is 0.462 e. The second-order valence-electron chi connectivity index (χ2n) is 3.88. The van der Waals surface area contributed by atoms with E-state index in [9.17, 15) is 4.79 Å². The number of esters is 1. The third kappa shape index (κ3) is 3.36. The van der Waals surface area contributed by atoms with Gasteiger partial charge in [0.15, 0.2) is 0 Å². The number of carbonyl (C=O) groups is 1. The molecule has 0 spiro atoms. The molecule has 0 bridgehead atoms. The minimum absolute atomic E-state index is 0.131. The molecule has 0 aliphatic rings. The summed E-state index contributed by atoms with van der Waals surface area (Å²) in [6, 6.07) is 6.88. The van der Waals surface area contributed by atoms with Gasteiger partial charge in [-0.3, -0.25) is 0 Å². The summed E-state index contributed by atoms with van der Waals surface area (Å²) < 4.78 is 5.04. The molecule has 1 rings (SSSR count). The molecule has 0 aliphatic heterocycles. The molecule has 15 heavy (non-hydrogen) atoms. The highest BCUT2D eigenvalue weighted by molar-refractivity contribution is 5.77. The zero-order valence-electron chi connectivity index (χ0n) is 9.36. The van der Waals surface area contributed by atoms with E-state index in [1.165, 1.54) is 0 Å². The third-order valence-electron chi connectivity index (χ3n) is 2.01. The van der Waals surface area contributed by atoms with Crippen LogP contribution in [-0.2, 0) is 9.53 Å². The van der Waals surface area contributed by atoms with Crippen molar-refractivity contribution in [3.8, 4) is 0 Å². The Morgan fingerprint density at radius 2 is 2.07 bits per heavy atom. The van der Waals surface area contributed by atoms with Crippen LogP contribution in [0, 0.1) is 6.92 Å². The first kappa shape index (κ1) is 11.7. The van der Waals surface area contributed by atoms with E-state index in [4.69, 9.17) is 10.5 Å². The lowest BCUT2D eigenvalue weighted by Crippen LogP contribution is -2.26. The molecule has 0 saturated heterocycles. The minimum Gasteiger partial charge on any atom is -0.462 e. The topological polar surface area (TPSA) is 52.3 Å². The molecule has 82 valence electrons. The highest BCUT2D eigenvalue weighted by Gasteiger charge is 2.18. The molecule has 0 amide bonds. The van der Waals surface area contributed by atoms with Crippen molar-refractivity contribution >= 4 is 5.97 Å². The van der Waals surface area contributed by atoms with E-state index in [0.29, 0.717) is 0 Å². The van der Waals surface area contributed by atoms with E-state index in [2.05, 4.69) is 0 Å². The molecular formula is C12H17NO2. The summed E-state index contributed by atoms with van der Waals surface area (Å²) >= 11 is 0. The maximum absolute atomic E-state index is 11.5. The van der Waals surface area contributed by atoms with Crippen LogP contribution in [0.4, 0.5) is 0 Å². The first-order valence-corrected chi connectivity index (χ1v) is 5.03. The van der Waals surface area contributed by atoms with Crippen molar-refractivity contribution in [3.63, 3.8) is 0 Å². The number of aryl methyl sites for hydroxylation is 1. The van der Waals surface area contributed by atoms with Crippen LogP contribution in [0.2, 0.25) is 0 Å². The number of benzene rings is 1. The van der Waals surface area contributed by atoms with E-state index >= 15 is 0 Å². The zero-order valence-corrected chi connectivity index (χ0v) is 9.36. The minimum atomic E-state index is -0.688. The van der Waals surface area contributed by atoms with Crippen molar-refractivity contribution in [1.82, 2.24) is 0 Å². The Morgan fingerprint density at radius 1 is 1.40 bits per heavy atom. The van der Waals surface area contributed by atoms with Crippen LogP contribution in [0.1, 0.15) is 31.0 Å². The Kier molecular flexibility index (Phi) is 3.86. The second kappa shape index (κ2) is 4.94. The molecule has 0 heterocycles. The summed E-state index contributed by atoms with van der Waals surface area (Å²) in [5.74, 6) is -0.379. The summed E-state index contributed by atoms with van der Waals surface area (Å²) in [5, 5.41) is 0. The Bertz CT molecular complexity index is 347. The monoisotopic (exact) mass is 207 g/mol. The first-order chi connectivity index (χ1) is 7.00. The van der Waals surface area contributed by atoms with Crippen LogP contribution in [-0.4, -0.2) is 12.1 Å². The van der Waals surface area contributed by atoms with Gasteiger partial charge in [0.2, 0.25) is 0 Å². The van der Waals surface area contributed by atoms with Gasteiger partial charge in [-0.25, -0.2) is 4.79 Å². The standard InChI is InChI=1S/C12H17NO2/c1-8(2)15-12(14)11(13)10-6-4-5-9(3)7-10/h4-8,11H,13H2,1-3H3. The molecule has 2 N–H and O–H groups in total. The maximum atomic E-state index is 11.5. The second-order valence-corrected chi connectivity index (χ2v) is 3.88. The summed E-state index contributed by atoms with van der Waals surface area (Å²) in [6.45, 7) is 5.58. The lowest BCUT2D eigenvalue weighted by Gasteiger charge is -2.14. The molecule has 3 nitrogen and oxygen atoms in total. The van der Waals surface area contributed by atoms with E-state index in [1.807, 2.05) is 31.2 Å². The van der Waals surface area contributed by atoms with Crippen LogP contribution in [0.15, 0.2) is 24.3 Å². The quantitative estimate of drug-likeness (QED) is 0.771. The maximum Gasteiger partial charge on any atom is 0.327 e. The Balaban J connectivity index is 2.76. The van der Waals surface area contributed by atoms with Crippen molar-refractivity contribution in [2.24, 2.45) is 5.73 Å². The van der Waals surface area contributed by atoms with Gasteiger partial charge in [0.05, 0.1) is 6.10 Å². The molecule has 0 aliphatic carbocycles. The molecule has 0 fully saturated rings. The van der Waals surface area contributed by atoms with Crippen LogP contribution in [0.5, 0.6) is 0 Å². The molecule has 3 heteroatoms. The van der Waals surface area contributed by atoms with Crippen molar-refractivity contribution in [3.05, 3.63) is 35.4 Å². The number of nitrogens with two attached hydrogens (primary N) is 1. The van der Waals surface area contributed by atoms with E-state index in [0.717, 1.165) is 11.1 Å². The molecule has 1 aromatic rings. The Morgan fingerprint density at radius 3 is 2.60 bits per heavy atom. The van der Waals surface area contributed by atoms with Crippen molar-refractivity contribution in [2.45, 2.75) is 32.9 Å². The molecule has 1 aromatic carbocycles. The first-order valence-electron chi connectivity index (χ1n) is 5.03. The Labute approximate surface area is 90.2 Å². The van der Waals surface area contributed by atoms with Crippen molar-refractivity contribution in [1.29, 1.82) is 0 Å². The number of hydrogen-bond donors (Lipinski definition) is 1. The highest BCUT2D eigenvalue weighted by Crippen LogP contribution is 2.14. The highest BCUT2D eigenvalue weighted by atomic mass is 16.5. The van der Waals surface area contributed by atoms with Gasteiger partial charge < -0.3 is 10.5 Å². The zero-order chi connectivity index (χ0) is 11.4. The SMILES string of the molecule is Cc1cccc(C(N)C(=O)OC(C)C)c1. The molecule has 1 atom stereocenters. The smallest absolute Gasteiger partial charge is 0.327 e. The van der Waals surface area contributed by atoms with Crippen LogP contribution < -0.4 is 5.73 Å². The predicted molar refractivity (Wildman–Crippen MR) is 59.3 cm³/mol. The molecule has 0 aromatic heterocycles. The summed E-state index contributed by atoms with van der Waals surface area (Å²) in [5.41, 5.74) is 7.66. The number of rotatable bonds is 3. The fraction of sp³-hybridized carbons (Fsp3) is 0.417. The average molecular weight is 207 g/mol. The lowest BCUT2D eigenvalue weighted by molar-refractivity contribution is -0.149. The van der Waals surface area contributed by atoms with Gasteiger partial charge in [-0.1, -0.05) is 29.8 Å². The third-order valence-corrected chi connectivity index (χ3v) is 2.01. The fourth-order valence-electron chi connectivity index (χ4n) is 1.31. The summed E-state index contributed by atoms with van der Waals surface area (Å²) in [4.78, 5) is 11.5. The van der Waals surface area contributed by atoms with E-state index < -0.39 is 6.04 Å². The molecule has 0 saturated carbocycles. The average Bonchev–Trinajstić information content (AvgIpc) is 2.15.